The van der Waals surface area contributed by atoms with Gasteiger partial charge in [-0.15, -0.1) is 0 Å². The maximum absolute atomic E-state index is 12.3. The van der Waals surface area contributed by atoms with Crippen molar-refractivity contribution >= 4 is 17.3 Å². The zero-order valence-electron chi connectivity index (χ0n) is 11.2. The lowest BCUT2D eigenvalue weighted by molar-refractivity contribution is -0.147. The molecular weight excluding hydrogens is 291 g/mol. The van der Waals surface area contributed by atoms with E-state index < -0.39 is 12.7 Å². The van der Waals surface area contributed by atoms with Gasteiger partial charge in [-0.2, -0.15) is 13.2 Å². The van der Waals surface area contributed by atoms with Crippen LogP contribution in [0.5, 0.6) is 0 Å². The van der Waals surface area contributed by atoms with Crippen LogP contribution in [-0.2, 0) is 0 Å². The number of halogens is 4. The molecule has 0 atom stereocenters. The van der Waals surface area contributed by atoms with Crippen molar-refractivity contribution in [3.8, 4) is 0 Å². The molecule has 1 N–H and O–H groups in total. The highest BCUT2D eigenvalue weighted by atomic mass is 35.5. The summed E-state index contributed by atoms with van der Waals surface area (Å²) in [5.41, 5.74) is 1.69. The first-order valence-corrected chi connectivity index (χ1v) is 6.90. The van der Waals surface area contributed by atoms with Gasteiger partial charge in [-0.25, -0.2) is 4.98 Å². The first-order valence-electron chi connectivity index (χ1n) is 6.52. The molecule has 1 saturated heterocycles. The average Bonchev–Trinajstić information content (AvgIpc) is 2.33. The van der Waals surface area contributed by atoms with Crippen LogP contribution in [-0.4, -0.2) is 41.7 Å². The summed E-state index contributed by atoms with van der Waals surface area (Å²) < 4.78 is 36.9. The normalized spacial score (nSPS) is 18.2. The Morgan fingerprint density at radius 2 is 2.00 bits per heavy atom. The van der Waals surface area contributed by atoms with Gasteiger partial charge in [-0.1, -0.05) is 11.6 Å². The van der Waals surface area contributed by atoms with E-state index in [4.69, 9.17) is 11.6 Å². The number of nitrogens with zero attached hydrogens (tertiary/aromatic N) is 2. The fourth-order valence-electron chi connectivity index (χ4n) is 2.39. The van der Waals surface area contributed by atoms with Crippen molar-refractivity contribution in [2.75, 3.05) is 25.0 Å². The highest BCUT2D eigenvalue weighted by molar-refractivity contribution is 6.29. The Morgan fingerprint density at radius 3 is 2.55 bits per heavy atom. The van der Waals surface area contributed by atoms with Crippen molar-refractivity contribution in [2.45, 2.75) is 32.0 Å². The van der Waals surface area contributed by atoms with E-state index in [1.165, 1.54) is 4.90 Å². The topological polar surface area (TPSA) is 28.2 Å². The van der Waals surface area contributed by atoms with E-state index in [0.717, 1.165) is 11.4 Å². The summed E-state index contributed by atoms with van der Waals surface area (Å²) in [4.78, 5) is 5.60. The molecule has 2 heterocycles. The van der Waals surface area contributed by atoms with Gasteiger partial charge >= 0.3 is 6.18 Å². The highest BCUT2D eigenvalue weighted by Crippen LogP contribution is 2.23. The number of aromatic nitrogens is 1. The molecule has 0 radical (unpaired) electrons. The molecule has 1 aromatic heterocycles. The van der Waals surface area contributed by atoms with Crippen LogP contribution < -0.4 is 5.32 Å². The van der Waals surface area contributed by atoms with Gasteiger partial charge in [-0.05, 0) is 31.9 Å². The Morgan fingerprint density at radius 1 is 1.35 bits per heavy atom. The molecule has 1 fully saturated rings. The van der Waals surface area contributed by atoms with Crippen molar-refractivity contribution < 1.29 is 13.2 Å². The summed E-state index contributed by atoms with van der Waals surface area (Å²) in [5.74, 6) is 0. The number of pyridine rings is 1. The average molecular weight is 308 g/mol. The first kappa shape index (κ1) is 15.4. The maximum atomic E-state index is 12.3. The molecule has 0 amide bonds. The van der Waals surface area contributed by atoms with Crippen LogP contribution in [0, 0.1) is 6.92 Å². The summed E-state index contributed by atoms with van der Waals surface area (Å²) in [6.07, 6.45) is -2.73. The van der Waals surface area contributed by atoms with Crippen molar-refractivity contribution in [3.05, 3.63) is 23.0 Å². The van der Waals surface area contributed by atoms with Crippen molar-refractivity contribution in [2.24, 2.45) is 0 Å². The fourth-order valence-corrected chi connectivity index (χ4v) is 2.58. The van der Waals surface area contributed by atoms with Crippen LogP contribution in [0.1, 0.15) is 18.5 Å². The fraction of sp³-hybridized carbons (Fsp3) is 0.615. The summed E-state index contributed by atoms with van der Waals surface area (Å²) in [6.45, 7) is 1.95. The Bertz CT molecular complexity index is 457. The van der Waals surface area contributed by atoms with Crippen LogP contribution in [0.25, 0.3) is 0 Å². The number of rotatable bonds is 3. The molecular formula is C13H17ClF3N3. The van der Waals surface area contributed by atoms with Crippen molar-refractivity contribution in [1.29, 1.82) is 0 Å². The molecule has 1 aromatic rings. The van der Waals surface area contributed by atoms with Crippen molar-refractivity contribution in [1.82, 2.24) is 9.88 Å². The lowest BCUT2D eigenvalue weighted by Gasteiger charge is -2.33. The zero-order chi connectivity index (χ0) is 14.8. The van der Waals surface area contributed by atoms with Gasteiger partial charge in [0.05, 0.1) is 17.9 Å². The number of alkyl halides is 3. The monoisotopic (exact) mass is 307 g/mol. The molecule has 3 nitrogen and oxygen atoms in total. The predicted octanol–water partition coefficient (Wildman–Crippen LogP) is 3.48. The van der Waals surface area contributed by atoms with Gasteiger partial charge in [0.15, 0.2) is 0 Å². The van der Waals surface area contributed by atoms with Gasteiger partial charge < -0.3 is 5.32 Å². The number of hydrogen-bond donors (Lipinski definition) is 1. The molecule has 7 heteroatoms. The second-order valence-electron chi connectivity index (χ2n) is 5.08. The Balaban J connectivity index is 1.85. The standard InChI is InChI=1S/C13H17ClF3N3/c1-9-11(2-3-12(14)18-9)19-10-4-6-20(7-5-10)8-13(15,16)17/h2-3,10,19H,4-8H2,1H3. The number of aryl methyl sites for hydroxylation is 1. The smallest absolute Gasteiger partial charge is 0.381 e. The molecule has 0 spiro atoms. The van der Waals surface area contributed by atoms with E-state index in [2.05, 4.69) is 10.3 Å². The Kier molecular flexibility index (Phi) is 4.75. The lowest BCUT2D eigenvalue weighted by atomic mass is 10.0. The minimum atomic E-state index is -4.11. The largest absolute Gasteiger partial charge is 0.401 e. The van der Waals surface area contributed by atoms with Gasteiger partial charge in [-0.3, -0.25) is 4.90 Å². The molecule has 0 unspecified atom stereocenters. The van der Waals surface area contributed by atoms with Crippen LogP contribution >= 0.6 is 11.6 Å². The molecule has 1 aliphatic rings. The summed E-state index contributed by atoms with van der Waals surface area (Å²) in [7, 11) is 0. The van der Waals surface area contributed by atoms with E-state index in [-0.39, 0.29) is 6.04 Å². The second-order valence-corrected chi connectivity index (χ2v) is 5.46. The third-order valence-electron chi connectivity index (χ3n) is 3.40. The van der Waals surface area contributed by atoms with Gasteiger partial charge in [0.2, 0.25) is 0 Å². The molecule has 0 aliphatic carbocycles. The maximum Gasteiger partial charge on any atom is 0.401 e. The Labute approximate surface area is 121 Å². The van der Waals surface area contributed by atoms with Gasteiger partial charge in [0.1, 0.15) is 5.15 Å². The number of anilines is 1. The van der Waals surface area contributed by atoms with Crippen LogP contribution in [0.3, 0.4) is 0 Å². The SMILES string of the molecule is Cc1nc(Cl)ccc1NC1CCN(CC(F)(F)F)CC1. The number of nitrogens with one attached hydrogen (secondary N) is 1. The predicted molar refractivity (Wildman–Crippen MR) is 73.1 cm³/mol. The molecule has 0 saturated carbocycles. The summed E-state index contributed by atoms with van der Waals surface area (Å²) >= 11 is 5.79. The van der Waals surface area contributed by atoms with E-state index >= 15 is 0 Å². The zero-order valence-corrected chi connectivity index (χ0v) is 11.9. The third kappa shape index (κ3) is 4.52. The number of piperidine rings is 1. The molecule has 0 aromatic carbocycles. The molecule has 112 valence electrons. The van der Waals surface area contributed by atoms with E-state index in [9.17, 15) is 13.2 Å². The number of likely N-dealkylation sites (tertiary alicyclic amines) is 1. The third-order valence-corrected chi connectivity index (χ3v) is 3.61. The quantitative estimate of drug-likeness (QED) is 0.867. The highest BCUT2D eigenvalue weighted by Gasteiger charge is 2.32. The molecule has 1 aliphatic heterocycles. The Hall–Kier alpha value is -1.01. The van der Waals surface area contributed by atoms with Gasteiger partial charge in [0, 0.05) is 19.1 Å². The van der Waals surface area contributed by atoms with Crippen LogP contribution in [0.4, 0.5) is 18.9 Å². The van der Waals surface area contributed by atoms with E-state index in [0.29, 0.717) is 31.1 Å². The van der Waals surface area contributed by atoms with Crippen LogP contribution in [0.15, 0.2) is 12.1 Å². The molecule has 20 heavy (non-hydrogen) atoms. The number of hydrogen-bond acceptors (Lipinski definition) is 3. The second kappa shape index (κ2) is 6.18. The molecule has 0 bridgehead atoms. The first-order chi connectivity index (χ1) is 9.33. The lowest BCUT2D eigenvalue weighted by Crippen LogP contribution is -2.43. The van der Waals surface area contributed by atoms with Crippen LogP contribution in [0.2, 0.25) is 5.15 Å². The molecule has 2 rings (SSSR count). The minimum absolute atomic E-state index is 0.182. The summed E-state index contributed by atoms with van der Waals surface area (Å²) in [6, 6.07) is 3.74. The van der Waals surface area contributed by atoms with Crippen molar-refractivity contribution in [3.63, 3.8) is 0 Å². The van der Waals surface area contributed by atoms with E-state index in [1.807, 2.05) is 13.0 Å². The van der Waals surface area contributed by atoms with Gasteiger partial charge in [0.25, 0.3) is 0 Å². The summed E-state index contributed by atoms with van der Waals surface area (Å²) in [5, 5.41) is 3.77. The minimum Gasteiger partial charge on any atom is -0.381 e. The van der Waals surface area contributed by atoms with E-state index in [1.54, 1.807) is 6.07 Å².